The summed E-state index contributed by atoms with van der Waals surface area (Å²) < 4.78 is 16.4. The molecule has 156 valence electrons. The van der Waals surface area contributed by atoms with Crippen molar-refractivity contribution in [2.75, 3.05) is 12.4 Å². The highest BCUT2D eigenvalue weighted by Crippen LogP contribution is 2.29. The van der Waals surface area contributed by atoms with Gasteiger partial charge >= 0.3 is 0 Å². The third-order valence-electron chi connectivity index (χ3n) is 4.49. The number of methoxy groups -OCH3 is 1. The molecule has 1 N–H and O–H groups in total. The second-order valence-corrected chi connectivity index (χ2v) is 6.70. The van der Waals surface area contributed by atoms with Crippen molar-refractivity contribution in [1.29, 1.82) is 0 Å². The molecule has 0 radical (unpaired) electrons. The van der Waals surface area contributed by atoms with Crippen LogP contribution < -0.4 is 14.8 Å². The number of carbonyl (C=O) groups excluding carboxylic acids is 1. The normalized spacial score (nSPS) is 10.5. The summed E-state index contributed by atoms with van der Waals surface area (Å²) in [5, 5.41) is 6.88. The fourth-order valence-corrected chi connectivity index (χ4v) is 2.94. The molecule has 0 saturated heterocycles. The number of ether oxygens (including phenoxy) is 2. The second-order valence-electron chi connectivity index (χ2n) is 6.70. The van der Waals surface area contributed by atoms with Crippen LogP contribution >= 0.6 is 0 Å². The number of benzene rings is 3. The molecule has 1 heterocycles. The van der Waals surface area contributed by atoms with E-state index in [0.717, 1.165) is 5.56 Å². The van der Waals surface area contributed by atoms with Crippen LogP contribution in [0.2, 0.25) is 0 Å². The molecular weight excluding hydrogens is 394 g/mol. The molecular formula is C24H21N3O4. The van der Waals surface area contributed by atoms with Crippen molar-refractivity contribution in [3.63, 3.8) is 0 Å². The van der Waals surface area contributed by atoms with Crippen LogP contribution in [-0.4, -0.2) is 23.2 Å². The first-order chi connectivity index (χ1) is 15.2. The Labute approximate surface area is 179 Å². The Bertz CT molecular complexity index is 1160. The van der Waals surface area contributed by atoms with Gasteiger partial charge in [-0.25, -0.2) is 0 Å². The topological polar surface area (TPSA) is 86.5 Å². The van der Waals surface area contributed by atoms with Gasteiger partial charge in [0.2, 0.25) is 17.6 Å². The Morgan fingerprint density at radius 1 is 0.968 bits per heavy atom. The number of anilines is 1. The number of hydrogen-bond acceptors (Lipinski definition) is 6. The van der Waals surface area contributed by atoms with Crippen molar-refractivity contribution in [2.45, 2.75) is 12.8 Å². The monoisotopic (exact) mass is 415 g/mol. The lowest BCUT2D eigenvalue weighted by Gasteiger charge is -2.11. The SMILES string of the molecule is COc1cccc(-c2noc(CCC(=O)Nc3ccccc3Oc3ccccc3)n2)c1. The van der Waals surface area contributed by atoms with Gasteiger partial charge < -0.3 is 19.3 Å². The third kappa shape index (κ3) is 5.27. The number of hydrogen-bond donors (Lipinski definition) is 1. The van der Waals surface area contributed by atoms with E-state index in [4.69, 9.17) is 14.0 Å². The molecule has 0 aliphatic rings. The Hall–Kier alpha value is -4.13. The molecule has 0 atom stereocenters. The number of aromatic nitrogens is 2. The highest BCUT2D eigenvalue weighted by Gasteiger charge is 2.13. The number of amides is 1. The highest BCUT2D eigenvalue weighted by atomic mass is 16.5. The first-order valence-electron chi connectivity index (χ1n) is 9.80. The van der Waals surface area contributed by atoms with Crippen molar-refractivity contribution in [1.82, 2.24) is 10.1 Å². The molecule has 3 aromatic carbocycles. The van der Waals surface area contributed by atoms with Crippen LogP contribution in [0.15, 0.2) is 83.4 Å². The summed E-state index contributed by atoms with van der Waals surface area (Å²) in [6.45, 7) is 0. The van der Waals surface area contributed by atoms with Crippen molar-refractivity contribution < 1.29 is 18.8 Å². The molecule has 7 heteroatoms. The molecule has 1 amide bonds. The van der Waals surface area contributed by atoms with Gasteiger partial charge in [0.05, 0.1) is 12.8 Å². The maximum Gasteiger partial charge on any atom is 0.227 e. The van der Waals surface area contributed by atoms with Gasteiger partial charge in [0.15, 0.2) is 5.75 Å². The molecule has 0 aliphatic carbocycles. The summed E-state index contributed by atoms with van der Waals surface area (Å²) in [6.07, 6.45) is 0.518. The molecule has 0 bridgehead atoms. The largest absolute Gasteiger partial charge is 0.497 e. The third-order valence-corrected chi connectivity index (χ3v) is 4.49. The Morgan fingerprint density at radius 2 is 1.74 bits per heavy atom. The van der Waals surface area contributed by atoms with E-state index in [2.05, 4.69) is 15.5 Å². The van der Waals surface area contributed by atoms with E-state index in [1.54, 1.807) is 19.2 Å². The van der Waals surface area contributed by atoms with Crippen LogP contribution in [0, 0.1) is 0 Å². The van der Waals surface area contributed by atoms with Crippen LogP contribution in [0.25, 0.3) is 11.4 Å². The van der Waals surface area contributed by atoms with Crippen molar-refractivity contribution in [2.24, 2.45) is 0 Å². The van der Waals surface area contributed by atoms with Gasteiger partial charge in [0.1, 0.15) is 11.5 Å². The molecule has 0 fully saturated rings. The molecule has 0 unspecified atom stereocenters. The van der Waals surface area contributed by atoms with E-state index in [1.165, 1.54) is 0 Å². The van der Waals surface area contributed by atoms with Crippen LogP contribution in [0.5, 0.6) is 17.2 Å². The molecule has 0 spiro atoms. The van der Waals surface area contributed by atoms with Crippen LogP contribution in [0.3, 0.4) is 0 Å². The maximum absolute atomic E-state index is 12.5. The number of carbonyl (C=O) groups is 1. The molecule has 0 saturated carbocycles. The van der Waals surface area contributed by atoms with E-state index >= 15 is 0 Å². The first kappa shape index (κ1) is 20.2. The lowest BCUT2D eigenvalue weighted by Crippen LogP contribution is -2.13. The predicted octanol–water partition coefficient (Wildman–Crippen LogP) is 5.11. The quantitative estimate of drug-likeness (QED) is 0.430. The predicted molar refractivity (Wildman–Crippen MR) is 116 cm³/mol. The number of nitrogens with zero attached hydrogens (tertiary/aromatic N) is 2. The van der Waals surface area contributed by atoms with Gasteiger partial charge in [0.25, 0.3) is 0 Å². The van der Waals surface area contributed by atoms with Crippen molar-refractivity contribution in [3.05, 3.63) is 84.8 Å². The molecule has 4 rings (SSSR count). The summed E-state index contributed by atoms with van der Waals surface area (Å²) in [7, 11) is 1.60. The lowest BCUT2D eigenvalue weighted by atomic mass is 10.2. The zero-order chi connectivity index (χ0) is 21.5. The fraction of sp³-hybridized carbons (Fsp3) is 0.125. The second kappa shape index (κ2) is 9.58. The van der Waals surface area contributed by atoms with E-state index in [1.807, 2.05) is 66.7 Å². The lowest BCUT2D eigenvalue weighted by molar-refractivity contribution is -0.116. The first-order valence-corrected chi connectivity index (χ1v) is 9.80. The minimum Gasteiger partial charge on any atom is -0.497 e. The Balaban J connectivity index is 1.37. The van der Waals surface area contributed by atoms with Crippen LogP contribution in [0.1, 0.15) is 12.3 Å². The zero-order valence-electron chi connectivity index (χ0n) is 16.9. The zero-order valence-corrected chi connectivity index (χ0v) is 16.9. The number of aryl methyl sites for hydroxylation is 1. The fourth-order valence-electron chi connectivity index (χ4n) is 2.94. The summed E-state index contributed by atoms with van der Waals surface area (Å²) in [5.41, 5.74) is 1.38. The van der Waals surface area contributed by atoms with Gasteiger partial charge in [-0.1, -0.05) is 47.6 Å². The summed E-state index contributed by atoms with van der Waals surface area (Å²) in [6, 6.07) is 24.1. The highest BCUT2D eigenvalue weighted by molar-refractivity contribution is 5.92. The van der Waals surface area contributed by atoms with Crippen LogP contribution in [0.4, 0.5) is 5.69 Å². The summed E-state index contributed by atoms with van der Waals surface area (Å²) in [4.78, 5) is 16.8. The van der Waals surface area contributed by atoms with Crippen molar-refractivity contribution in [3.8, 4) is 28.6 Å². The van der Waals surface area contributed by atoms with E-state index in [0.29, 0.717) is 41.1 Å². The van der Waals surface area contributed by atoms with Gasteiger partial charge in [-0.05, 0) is 36.4 Å². The average Bonchev–Trinajstić information content (AvgIpc) is 3.29. The van der Waals surface area contributed by atoms with E-state index in [-0.39, 0.29) is 12.3 Å². The number of rotatable bonds is 8. The molecule has 4 aromatic rings. The molecule has 31 heavy (non-hydrogen) atoms. The number of nitrogens with one attached hydrogen (secondary N) is 1. The van der Waals surface area contributed by atoms with Gasteiger partial charge in [-0.2, -0.15) is 4.98 Å². The molecule has 0 aliphatic heterocycles. The van der Waals surface area contributed by atoms with E-state index < -0.39 is 0 Å². The molecule has 7 nitrogen and oxygen atoms in total. The summed E-state index contributed by atoms with van der Waals surface area (Å²) in [5.74, 6) is 2.64. The minimum absolute atomic E-state index is 0.176. The van der Waals surface area contributed by atoms with Gasteiger partial charge in [0, 0.05) is 18.4 Å². The van der Waals surface area contributed by atoms with Gasteiger partial charge in [-0.3, -0.25) is 4.79 Å². The van der Waals surface area contributed by atoms with Gasteiger partial charge in [-0.15, -0.1) is 0 Å². The van der Waals surface area contributed by atoms with Crippen LogP contribution in [-0.2, 0) is 11.2 Å². The van der Waals surface area contributed by atoms with Crippen molar-refractivity contribution >= 4 is 11.6 Å². The smallest absolute Gasteiger partial charge is 0.227 e. The number of para-hydroxylation sites is 3. The Kier molecular flexibility index (Phi) is 6.23. The summed E-state index contributed by atoms with van der Waals surface area (Å²) >= 11 is 0. The molecule has 1 aromatic heterocycles. The average molecular weight is 415 g/mol. The van der Waals surface area contributed by atoms with E-state index in [9.17, 15) is 4.79 Å². The minimum atomic E-state index is -0.176. The maximum atomic E-state index is 12.5. The standard InChI is InChI=1S/C24H21N3O4/c1-29-19-11-7-8-17(16-19)24-26-23(31-27-24)15-14-22(28)25-20-12-5-6-13-21(20)30-18-9-3-2-4-10-18/h2-13,16H,14-15H2,1H3,(H,25,28). The Morgan fingerprint density at radius 3 is 2.58 bits per heavy atom.